The predicted molar refractivity (Wildman–Crippen MR) is 329 cm³/mol. The first-order chi connectivity index (χ1) is 37.0. The number of allylic oxidation sites excluding steroid dienone is 5. The van der Waals surface area contributed by atoms with Crippen molar-refractivity contribution in [3.8, 4) is 0 Å². The number of carbonyl (C=O) groups excluding carboxylic acids is 2. The molecule has 2 unspecified atom stereocenters. The van der Waals surface area contributed by atoms with Gasteiger partial charge in [-0.15, -0.1) is 0 Å². The van der Waals surface area contributed by atoms with Crippen molar-refractivity contribution < 1.29 is 24.5 Å². The van der Waals surface area contributed by atoms with Crippen LogP contribution in [0.25, 0.3) is 0 Å². The minimum atomic E-state index is -0.843. The van der Waals surface area contributed by atoms with Crippen molar-refractivity contribution in [2.24, 2.45) is 0 Å². The van der Waals surface area contributed by atoms with Crippen LogP contribution in [0.4, 0.5) is 0 Å². The fourth-order valence-corrected chi connectivity index (χ4v) is 10.4. The summed E-state index contributed by atoms with van der Waals surface area (Å²) in [5.41, 5.74) is 0. The van der Waals surface area contributed by atoms with E-state index in [1.165, 1.54) is 295 Å². The summed E-state index contributed by atoms with van der Waals surface area (Å²) in [4.78, 5) is 24.5. The van der Waals surface area contributed by atoms with Gasteiger partial charge in [0.05, 0.1) is 25.4 Å². The lowest BCUT2D eigenvalue weighted by molar-refractivity contribution is -0.143. The second-order valence-electron chi connectivity index (χ2n) is 23.1. The van der Waals surface area contributed by atoms with Gasteiger partial charge in [-0.1, -0.05) is 307 Å². The van der Waals surface area contributed by atoms with Gasteiger partial charge in [-0.3, -0.25) is 9.59 Å². The number of aliphatic hydroxyl groups excluding tert-OH is 2. The van der Waals surface area contributed by atoms with Gasteiger partial charge in [-0.2, -0.15) is 0 Å². The molecule has 0 radical (unpaired) electrons. The number of carbonyl (C=O) groups is 2. The normalized spacial score (nSPS) is 12.7. The molecule has 0 fully saturated rings. The summed E-state index contributed by atoms with van der Waals surface area (Å²) in [6, 6.07) is -0.626. The summed E-state index contributed by atoms with van der Waals surface area (Å²) in [5, 5.41) is 23.1. The second-order valence-corrected chi connectivity index (χ2v) is 23.1. The number of hydrogen-bond donors (Lipinski definition) is 3. The molecule has 3 N–H and O–H groups in total. The number of unbranched alkanes of at least 4 members (excludes halogenated alkanes) is 48. The van der Waals surface area contributed by atoms with Crippen LogP contribution in [0.2, 0.25) is 0 Å². The third-order valence-electron chi connectivity index (χ3n) is 15.6. The van der Waals surface area contributed by atoms with Gasteiger partial charge in [0, 0.05) is 12.8 Å². The second kappa shape index (κ2) is 64.6. The van der Waals surface area contributed by atoms with Gasteiger partial charge in [0.2, 0.25) is 5.91 Å². The summed E-state index contributed by atoms with van der Waals surface area (Å²) in [6.07, 6.45) is 82.1. The highest BCUT2D eigenvalue weighted by Crippen LogP contribution is 2.18. The Morgan fingerprint density at radius 2 is 0.627 bits per heavy atom. The first-order valence-corrected chi connectivity index (χ1v) is 33.8. The molecule has 0 bridgehead atoms. The maximum absolute atomic E-state index is 12.5. The highest BCUT2D eigenvalue weighted by molar-refractivity contribution is 5.76. The van der Waals surface area contributed by atoms with Crippen LogP contribution in [-0.4, -0.2) is 47.4 Å². The molecule has 0 saturated carbocycles. The van der Waals surface area contributed by atoms with Gasteiger partial charge in [0.1, 0.15) is 0 Å². The van der Waals surface area contributed by atoms with Gasteiger partial charge in [0.15, 0.2) is 0 Å². The third kappa shape index (κ3) is 61.2. The number of rotatable bonds is 63. The van der Waals surface area contributed by atoms with Crippen molar-refractivity contribution in [3.63, 3.8) is 0 Å². The highest BCUT2D eigenvalue weighted by Gasteiger charge is 2.18. The van der Waals surface area contributed by atoms with Gasteiger partial charge in [0.25, 0.3) is 0 Å². The Kier molecular flexibility index (Phi) is 63.0. The summed E-state index contributed by atoms with van der Waals surface area (Å²) in [7, 11) is 0. The molecular formula is C69H131NO5. The van der Waals surface area contributed by atoms with E-state index in [-0.39, 0.29) is 18.5 Å². The van der Waals surface area contributed by atoms with Crippen molar-refractivity contribution in [1.82, 2.24) is 5.32 Å². The molecule has 0 heterocycles. The minimum Gasteiger partial charge on any atom is -0.466 e. The lowest BCUT2D eigenvalue weighted by Gasteiger charge is -2.20. The maximum Gasteiger partial charge on any atom is 0.305 e. The van der Waals surface area contributed by atoms with Crippen molar-refractivity contribution in [2.75, 3.05) is 13.2 Å². The molecule has 0 aromatic rings. The Hall–Kier alpha value is -1.92. The Balaban J connectivity index is 3.38. The number of ether oxygens (including phenoxy) is 1. The first-order valence-electron chi connectivity index (χ1n) is 33.8. The molecule has 75 heavy (non-hydrogen) atoms. The van der Waals surface area contributed by atoms with Crippen LogP contribution >= 0.6 is 0 Å². The fraction of sp³-hybridized carbons (Fsp3) is 0.884. The molecule has 0 aromatic carbocycles. The van der Waals surface area contributed by atoms with Gasteiger partial charge >= 0.3 is 5.97 Å². The number of hydrogen-bond acceptors (Lipinski definition) is 5. The lowest BCUT2D eigenvalue weighted by Crippen LogP contribution is -2.45. The van der Waals surface area contributed by atoms with Crippen molar-refractivity contribution in [2.45, 2.75) is 379 Å². The van der Waals surface area contributed by atoms with E-state index in [2.05, 4.69) is 43.5 Å². The molecule has 0 aliphatic carbocycles. The first kappa shape index (κ1) is 73.1. The molecule has 0 rings (SSSR count). The molecule has 6 heteroatoms. The van der Waals surface area contributed by atoms with E-state index < -0.39 is 12.1 Å². The average Bonchev–Trinajstić information content (AvgIpc) is 3.41. The lowest BCUT2D eigenvalue weighted by atomic mass is 10.0. The number of amides is 1. The maximum atomic E-state index is 12.5. The molecule has 2 atom stereocenters. The number of nitrogens with one attached hydrogen (secondary N) is 1. The topological polar surface area (TPSA) is 95.9 Å². The molecule has 0 spiro atoms. The van der Waals surface area contributed by atoms with E-state index >= 15 is 0 Å². The predicted octanol–water partition coefficient (Wildman–Crippen LogP) is 21.5. The molecule has 6 nitrogen and oxygen atoms in total. The summed E-state index contributed by atoms with van der Waals surface area (Å²) in [5.74, 6) is -0.0568. The molecule has 0 aromatic heterocycles. The zero-order valence-electron chi connectivity index (χ0n) is 50.5. The van der Waals surface area contributed by atoms with Gasteiger partial charge < -0.3 is 20.3 Å². The molecule has 0 aliphatic rings. The Morgan fingerprint density at radius 1 is 0.360 bits per heavy atom. The zero-order chi connectivity index (χ0) is 54.3. The Morgan fingerprint density at radius 3 is 0.947 bits per heavy atom. The number of aliphatic hydroxyl groups is 2. The summed E-state index contributed by atoms with van der Waals surface area (Å²) >= 11 is 0. The monoisotopic (exact) mass is 1050 g/mol. The standard InChI is InChI=1S/C69H131NO5/c1-3-5-7-9-11-13-15-17-37-41-45-49-53-57-61-67(72)66(65-71)70-68(73)62-58-54-50-46-42-38-35-33-31-29-27-25-23-21-19-20-22-24-26-28-30-32-34-36-40-44-48-52-56-60-64-75-69(74)63-59-55-51-47-43-39-18-16-14-12-10-8-6-4-2/h16,18,20,22,57,61,66-67,71-72H,3-15,17,19,21,23-56,58-60,62-65H2,1-2H3,(H,70,73)/b18-16-,22-20-,61-57+. The van der Waals surface area contributed by atoms with E-state index in [9.17, 15) is 19.8 Å². The van der Waals surface area contributed by atoms with Crippen LogP contribution in [0, 0.1) is 0 Å². The quantitative estimate of drug-likeness (QED) is 0.0320. The Bertz CT molecular complexity index is 1210. The largest absolute Gasteiger partial charge is 0.466 e. The van der Waals surface area contributed by atoms with Crippen LogP contribution < -0.4 is 5.32 Å². The summed E-state index contributed by atoms with van der Waals surface area (Å²) < 4.78 is 5.48. The van der Waals surface area contributed by atoms with E-state index in [0.717, 1.165) is 44.9 Å². The smallest absolute Gasteiger partial charge is 0.305 e. The van der Waals surface area contributed by atoms with Gasteiger partial charge in [-0.05, 0) is 83.5 Å². The van der Waals surface area contributed by atoms with E-state index in [1.807, 2.05) is 6.08 Å². The van der Waals surface area contributed by atoms with E-state index in [4.69, 9.17) is 4.74 Å². The van der Waals surface area contributed by atoms with Crippen LogP contribution in [0.3, 0.4) is 0 Å². The van der Waals surface area contributed by atoms with E-state index in [0.29, 0.717) is 19.4 Å². The summed E-state index contributed by atoms with van der Waals surface area (Å²) in [6.45, 7) is 4.91. The van der Waals surface area contributed by atoms with Crippen LogP contribution in [0.1, 0.15) is 367 Å². The van der Waals surface area contributed by atoms with Crippen LogP contribution in [0.15, 0.2) is 36.5 Å². The molecular weight excluding hydrogens is 923 g/mol. The average molecular weight is 1050 g/mol. The Labute approximate surface area is 468 Å². The highest BCUT2D eigenvalue weighted by atomic mass is 16.5. The SMILES string of the molecule is CCCCCCC/C=C\CCCCCCCC(=O)OCCCCCCCCCCCCCC/C=C\CCCCCCCCCCCCCCCCC(=O)NC(CO)C(O)/C=C/CCCCCCCCCCCCCC. The van der Waals surface area contributed by atoms with Crippen molar-refractivity contribution in [3.05, 3.63) is 36.5 Å². The van der Waals surface area contributed by atoms with Crippen molar-refractivity contribution in [1.29, 1.82) is 0 Å². The molecule has 0 saturated heterocycles. The molecule has 442 valence electrons. The van der Waals surface area contributed by atoms with Crippen molar-refractivity contribution >= 4 is 11.9 Å². The molecule has 1 amide bonds. The zero-order valence-corrected chi connectivity index (χ0v) is 50.5. The molecule has 0 aliphatic heterocycles. The van der Waals surface area contributed by atoms with Gasteiger partial charge in [-0.25, -0.2) is 0 Å². The minimum absolute atomic E-state index is 0.00837. The van der Waals surface area contributed by atoms with Crippen LogP contribution in [0.5, 0.6) is 0 Å². The third-order valence-corrected chi connectivity index (χ3v) is 15.6. The fourth-order valence-electron chi connectivity index (χ4n) is 10.4. The van der Waals surface area contributed by atoms with E-state index in [1.54, 1.807) is 6.08 Å². The van der Waals surface area contributed by atoms with Crippen LogP contribution in [-0.2, 0) is 14.3 Å². The number of esters is 1.